The number of hydrogen-bond donors (Lipinski definition) is 1. The summed E-state index contributed by atoms with van der Waals surface area (Å²) in [5.74, 6) is 0.802. The first kappa shape index (κ1) is 19.1. The molecule has 26 heavy (non-hydrogen) atoms. The fourth-order valence-electron chi connectivity index (χ4n) is 4.32. The Balaban J connectivity index is 1.61. The van der Waals surface area contributed by atoms with Crippen LogP contribution in [0.5, 0.6) is 5.88 Å². The minimum Gasteiger partial charge on any atom is -0.481 e. The van der Waals surface area contributed by atoms with Crippen LogP contribution in [0.4, 0.5) is 0 Å². The normalized spacial score (nSPS) is 22.7. The number of rotatable bonds is 6. The van der Waals surface area contributed by atoms with Gasteiger partial charge in [-0.05, 0) is 24.3 Å². The van der Waals surface area contributed by atoms with E-state index in [0.717, 1.165) is 45.6 Å². The summed E-state index contributed by atoms with van der Waals surface area (Å²) in [5, 5.41) is 9.87. The van der Waals surface area contributed by atoms with E-state index in [0.29, 0.717) is 18.1 Å². The third-order valence-corrected chi connectivity index (χ3v) is 5.95. The topological polar surface area (TPSA) is 75.1 Å². The van der Waals surface area contributed by atoms with Crippen LogP contribution in [0.2, 0.25) is 0 Å². The van der Waals surface area contributed by atoms with Gasteiger partial charge in [-0.3, -0.25) is 4.79 Å². The number of amides is 1. The molecule has 7 nitrogen and oxygen atoms in total. The molecular weight excluding hydrogens is 334 g/mol. The lowest BCUT2D eigenvalue weighted by atomic mass is 9.71. The first-order chi connectivity index (χ1) is 12.6. The summed E-state index contributed by atoms with van der Waals surface area (Å²) in [6.07, 6.45) is 3.43. The van der Waals surface area contributed by atoms with Gasteiger partial charge in [0.15, 0.2) is 0 Å². The van der Waals surface area contributed by atoms with E-state index in [1.165, 1.54) is 0 Å². The van der Waals surface area contributed by atoms with E-state index >= 15 is 0 Å². The maximum Gasteiger partial charge on any atom is 0.255 e. The van der Waals surface area contributed by atoms with Gasteiger partial charge in [-0.2, -0.15) is 0 Å². The monoisotopic (exact) mass is 363 g/mol. The van der Waals surface area contributed by atoms with Crippen LogP contribution in [0.1, 0.15) is 23.2 Å². The Morgan fingerprint density at radius 1 is 1.35 bits per heavy atom. The van der Waals surface area contributed by atoms with Gasteiger partial charge in [-0.15, -0.1) is 0 Å². The smallest absolute Gasteiger partial charge is 0.255 e. The highest BCUT2D eigenvalue weighted by Crippen LogP contribution is 2.44. The number of pyridine rings is 1. The Morgan fingerprint density at radius 2 is 2.12 bits per heavy atom. The lowest BCUT2D eigenvalue weighted by molar-refractivity contribution is 0.0398. The number of aliphatic hydroxyl groups is 1. The molecule has 1 unspecified atom stereocenters. The zero-order valence-corrected chi connectivity index (χ0v) is 15.7. The molecule has 3 heterocycles. The van der Waals surface area contributed by atoms with E-state index in [2.05, 4.69) is 9.88 Å². The molecular formula is C19H29N3O4. The standard InChI is InChI=1S/C19H29N3O4/c1-25-10-9-21-12-16(13-23)19(14-21)5-7-22(8-6-19)18(24)15-3-4-17(26-2)20-11-15/h3-4,11,16,23H,5-10,12-14H2,1-2H3. The van der Waals surface area contributed by atoms with Crippen LogP contribution in [-0.2, 0) is 4.74 Å². The predicted molar refractivity (Wildman–Crippen MR) is 97.3 cm³/mol. The van der Waals surface area contributed by atoms with Gasteiger partial charge in [0, 0.05) is 64.6 Å². The quantitative estimate of drug-likeness (QED) is 0.809. The van der Waals surface area contributed by atoms with Crippen LogP contribution in [-0.4, -0.2) is 86.0 Å². The number of aromatic nitrogens is 1. The summed E-state index contributed by atoms with van der Waals surface area (Å²) in [7, 11) is 3.27. The second-order valence-electron chi connectivity index (χ2n) is 7.35. The van der Waals surface area contributed by atoms with Crippen LogP contribution in [0, 0.1) is 11.3 Å². The van der Waals surface area contributed by atoms with Crippen LogP contribution >= 0.6 is 0 Å². The molecule has 0 bridgehead atoms. The number of carbonyl (C=O) groups is 1. The minimum absolute atomic E-state index is 0.0183. The molecule has 2 saturated heterocycles. The van der Waals surface area contributed by atoms with E-state index in [-0.39, 0.29) is 23.8 Å². The van der Waals surface area contributed by atoms with Gasteiger partial charge >= 0.3 is 0 Å². The van der Waals surface area contributed by atoms with Crippen molar-refractivity contribution in [1.82, 2.24) is 14.8 Å². The van der Waals surface area contributed by atoms with Crippen molar-refractivity contribution in [2.24, 2.45) is 11.3 Å². The Hall–Kier alpha value is -1.70. The predicted octanol–water partition coefficient (Wildman–Crippen LogP) is 0.883. The Kier molecular flexibility index (Phi) is 6.11. The van der Waals surface area contributed by atoms with E-state index in [1.807, 2.05) is 4.90 Å². The molecule has 7 heteroatoms. The molecule has 1 amide bonds. The van der Waals surface area contributed by atoms with Gasteiger partial charge < -0.3 is 24.4 Å². The second-order valence-corrected chi connectivity index (χ2v) is 7.35. The highest BCUT2D eigenvalue weighted by Gasteiger charge is 2.47. The highest BCUT2D eigenvalue weighted by molar-refractivity contribution is 5.94. The highest BCUT2D eigenvalue weighted by atomic mass is 16.5. The lowest BCUT2D eigenvalue weighted by Crippen LogP contribution is -2.47. The molecule has 2 fully saturated rings. The zero-order chi connectivity index (χ0) is 18.6. The summed E-state index contributed by atoms with van der Waals surface area (Å²) in [6.45, 7) is 5.15. The summed E-state index contributed by atoms with van der Waals surface area (Å²) in [4.78, 5) is 21.1. The molecule has 1 spiro atoms. The van der Waals surface area contributed by atoms with Gasteiger partial charge in [0.25, 0.3) is 5.91 Å². The maximum atomic E-state index is 12.7. The molecule has 0 aromatic carbocycles. The number of likely N-dealkylation sites (tertiary alicyclic amines) is 2. The molecule has 3 rings (SSSR count). The third-order valence-electron chi connectivity index (χ3n) is 5.95. The molecule has 1 atom stereocenters. The van der Waals surface area contributed by atoms with E-state index in [1.54, 1.807) is 32.5 Å². The van der Waals surface area contributed by atoms with Crippen molar-refractivity contribution in [3.63, 3.8) is 0 Å². The fraction of sp³-hybridized carbons (Fsp3) is 0.684. The van der Waals surface area contributed by atoms with Crippen LogP contribution in [0.15, 0.2) is 18.3 Å². The summed E-state index contributed by atoms with van der Waals surface area (Å²) in [5.41, 5.74) is 0.700. The second kappa shape index (κ2) is 8.33. The van der Waals surface area contributed by atoms with Crippen LogP contribution in [0.3, 0.4) is 0 Å². The minimum atomic E-state index is 0.0183. The lowest BCUT2D eigenvalue weighted by Gasteiger charge is -2.42. The number of ether oxygens (including phenoxy) is 2. The molecule has 1 aromatic rings. The van der Waals surface area contributed by atoms with Crippen molar-refractivity contribution in [3.05, 3.63) is 23.9 Å². The molecule has 1 N–H and O–H groups in total. The third kappa shape index (κ3) is 3.84. The first-order valence-corrected chi connectivity index (χ1v) is 9.23. The molecule has 144 valence electrons. The zero-order valence-electron chi connectivity index (χ0n) is 15.7. The average molecular weight is 363 g/mol. The largest absolute Gasteiger partial charge is 0.481 e. The van der Waals surface area contributed by atoms with Crippen LogP contribution in [0.25, 0.3) is 0 Å². The van der Waals surface area contributed by atoms with Crippen molar-refractivity contribution in [3.8, 4) is 5.88 Å². The molecule has 0 saturated carbocycles. The van der Waals surface area contributed by atoms with Crippen molar-refractivity contribution in [2.75, 3.05) is 60.2 Å². The van der Waals surface area contributed by atoms with Gasteiger partial charge in [0.1, 0.15) is 0 Å². The molecule has 0 aliphatic carbocycles. The van der Waals surface area contributed by atoms with E-state index < -0.39 is 0 Å². The van der Waals surface area contributed by atoms with Gasteiger partial charge in [-0.1, -0.05) is 0 Å². The molecule has 2 aliphatic heterocycles. The van der Waals surface area contributed by atoms with Crippen molar-refractivity contribution in [2.45, 2.75) is 12.8 Å². The van der Waals surface area contributed by atoms with E-state index in [9.17, 15) is 9.90 Å². The number of piperidine rings is 1. The molecule has 2 aliphatic rings. The number of aliphatic hydroxyl groups excluding tert-OH is 1. The first-order valence-electron chi connectivity index (χ1n) is 9.23. The summed E-state index contributed by atoms with van der Waals surface area (Å²) in [6, 6.07) is 3.47. The number of methoxy groups -OCH3 is 2. The average Bonchev–Trinajstić information content (AvgIpc) is 3.03. The molecule has 1 aromatic heterocycles. The van der Waals surface area contributed by atoms with Gasteiger partial charge in [0.2, 0.25) is 5.88 Å². The number of carbonyl (C=O) groups excluding carboxylic acids is 1. The van der Waals surface area contributed by atoms with Crippen molar-refractivity contribution in [1.29, 1.82) is 0 Å². The maximum absolute atomic E-state index is 12.7. The SMILES string of the molecule is COCCN1CC(CO)C2(CCN(C(=O)c3ccc(OC)nc3)CC2)C1. The Labute approximate surface area is 154 Å². The summed E-state index contributed by atoms with van der Waals surface area (Å²) >= 11 is 0. The number of nitrogens with zero attached hydrogens (tertiary/aromatic N) is 3. The fourth-order valence-corrected chi connectivity index (χ4v) is 4.32. The van der Waals surface area contributed by atoms with Crippen molar-refractivity contribution < 1.29 is 19.4 Å². The molecule has 0 radical (unpaired) electrons. The van der Waals surface area contributed by atoms with E-state index in [4.69, 9.17) is 9.47 Å². The number of hydrogen-bond acceptors (Lipinski definition) is 6. The van der Waals surface area contributed by atoms with Crippen LogP contribution < -0.4 is 4.74 Å². The van der Waals surface area contributed by atoms with Crippen molar-refractivity contribution >= 4 is 5.91 Å². The van der Waals surface area contributed by atoms with Gasteiger partial charge in [0.05, 0.1) is 19.3 Å². The Bertz CT molecular complexity index is 599. The van der Waals surface area contributed by atoms with Gasteiger partial charge in [-0.25, -0.2) is 4.98 Å². The summed E-state index contributed by atoms with van der Waals surface area (Å²) < 4.78 is 10.2. The Morgan fingerprint density at radius 3 is 2.69 bits per heavy atom.